The molecule has 19 heavy (non-hydrogen) atoms. The first kappa shape index (κ1) is 15.3. The topological polar surface area (TPSA) is 63.0 Å². The van der Waals surface area contributed by atoms with Crippen LogP contribution in [0.3, 0.4) is 0 Å². The molecule has 1 heterocycles. The summed E-state index contributed by atoms with van der Waals surface area (Å²) in [6.45, 7) is 1.80. The largest absolute Gasteiger partial charge is 0.466 e. The van der Waals surface area contributed by atoms with Crippen LogP contribution in [0.1, 0.15) is 35.9 Å². The second kappa shape index (κ2) is 7.00. The normalized spacial score (nSPS) is 10.3. The maximum Gasteiger partial charge on any atom is 0.310 e. The highest BCUT2D eigenvalue weighted by molar-refractivity contribution is 6.17. The van der Waals surface area contributed by atoms with Crippen LogP contribution in [0.5, 0.6) is 0 Å². The number of alkyl halides is 3. The number of nitriles is 1. The van der Waals surface area contributed by atoms with Gasteiger partial charge in [0.05, 0.1) is 24.6 Å². The first-order valence-corrected chi connectivity index (χ1v) is 5.99. The molecule has 0 fully saturated rings. The predicted octanol–water partition coefficient (Wildman–Crippen LogP) is 2.74. The van der Waals surface area contributed by atoms with Gasteiger partial charge in [-0.1, -0.05) is 0 Å². The fraction of sp³-hybridized carbons (Fsp3) is 0.417. The zero-order valence-corrected chi connectivity index (χ0v) is 10.9. The zero-order chi connectivity index (χ0) is 14.4. The summed E-state index contributed by atoms with van der Waals surface area (Å²) in [4.78, 5) is 15.1. The Kier molecular flexibility index (Phi) is 5.64. The minimum absolute atomic E-state index is 0.0548. The molecule has 0 radical (unpaired) electrons. The summed E-state index contributed by atoms with van der Waals surface area (Å²) in [5.74, 6) is -0.826. The number of hydrogen-bond donors (Lipinski definition) is 0. The number of aromatic nitrogens is 1. The maximum atomic E-state index is 12.8. The molecule has 1 aromatic heterocycles. The lowest BCUT2D eigenvalue weighted by Gasteiger charge is -2.10. The molecule has 0 aromatic carbocycles. The molecule has 0 N–H and O–H groups in total. The van der Waals surface area contributed by atoms with Gasteiger partial charge in [-0.2, -0.15) is 5.26 Å². The smallest absolute Gasteiger partial charge is 0.310 e. The lowest BCUT2D eigenvalue weighted by Crippen LogP contribution is -2.11. The van der Waals surface area contributed by atoms with Crippen molar-refractivity contribution < 1.29 is 18.3 Å². The molecule has 7 heteroatoms. The SMILES string of the molecule is CCOC(=O)Cc1cc(C(F)F)c(CCl)nc1C#N. The van der Waals surface area contributed by atoms with Crippen LogP contribution in [0.25, 0.3) is 0 Å². The zero-order valence-electron chi connectivity index (χ0n) is 10.1. The van der Waals surface area contributed by atoms with Gasteiger partial charge < -0.3 is 4.74 Å². The minimum Gasteiger partial charge on any atom is -0.466 e. The van der Waals surface area contributed by atoms with Crippen LogP contribution < -0.4 is 0 Å². The van der Waals surface area contributed by atoms with E-state index in [1.54, 1.807) is 13.0 Å². The third-order valence-electron chi connectivity index (χ3n) is 2.32. The van der Waals surface area contributed by atoms with E-state index >= 15 is 0 Å². The molecule has 0 aliphatic rings. The molecule has 0 saturated heterocycles. The Morgan fingerprint density at radius 2 is 2.32 bits per heavy atom. The van der Waals surface area contributed by atoms with Crippen LogP contribution >= 0.6 is 11.6 Å². The molecular formula is C12H11ClF2N2O2. The first-order valence-electron chi connectivity index (χ1n) is 5.46. The van der Waals surface area contributed by atoms with Gasteiger partial charge in [0.15, 0.2) is 0 Å². The molecule has 0 aliphatic heterocycles. The van der Waals surface area contributed by atoms with Gasteiger partial charge in [0.25, 0.3) is 6.43 Å². The van der Waals surface area contributed by atoms with Crippen molar-refractivity contribution in [3.63, 3.8) is 0 Å². The number of hydrogen-bond acceptors (Lipinski definition) is 4. The van der Waals surface area contributed by atoms with E-state index in [2.05, 4.69) is 4.98 Å². The summed E-state index contributed by atoms with van der Waals surface area (Å²) in [7, 11) is 0. The molecule has 1 rings (SSSR count). The highest BCUT2D eigenvalue weighted by Gasteiger charge is 2.19. The number of halogens is 3. The van der Waals surface area contributed by atoms with Gasteiger partial charge in [-0.3, -0.25) is 4.79 Å². The summed E-state index contributed by atoms with van der Waals surface area (Å²) in [5.41, 5.74) is -0.396. The lowest BCUT2D eigenvalue weighted by atomic mass is 10.1. The summed E-state index contributed by atoms with van der Waals surface area (Å²) in [6, 6.07) is 2.85. The predicted molar refractivity (Wildman–Crippen MR) is 63.8 cm³/mol. The van der Waals surface area contributed by atoms with Crippen molar-refractivity contribution in [1.29, 1.82) is 5.26 Å². The van der Waals surface area contributed by atoms with Crippen LogP contribution in [0.4, 0.5) is 8.78 Å². The average Bonchev–Trinajstić information content (AvgIpc) is 2.38. The molecule has 0 bridgehead atoms. The van der Waals surface area contributed by atoms with Crippen molar-refractivity contribution in [2.24, 2.45) is 0 Å². The van der Waals surface area contributed by atoms with E-state index in [9.17, 15) is 13.6 Å². The number of ether oxygens (including phenoxy) is 1. The second-order valence-electron chi connectivity index (χ2n) is 3.56. The number of esters is 1. The number of carbonyl (C=O) groups excluding carboxylic acids is 1. The van der Waals surface area contributed by atoms with E-state index in [1.807, 2.05) is 0 Å². The van der Waals surface area contributed by atoms with Gasteiger partial charge in [-0.25, -0.2) is 13.8 Å². The molecule has 102 valence electrons. The lowest BCUT2D eigenvalue weighted by molar-refractivity contribution is -0.142. The molecule has 0 aliphatic carbocycles. The third-order valence-corrected chi connectivity index (χ3v) is 2.57. The Bertz CT molecular complexity index is 515. The summed E-state index contributed by atoms with van der Waals surface area (Å²) >= 11 is 5.52. The second-order valence-corrected chi connectivity index (χ2v) is 3.83. The van der Waals surface area contributed by atoms with E-state index in [0.717, 1.165) is 6.07 Å². The monoisotopic (exact) mass is 288 g/mol. The standard InChI is InChI=1S/C12H11ClF2N2O2/c1-2-19-11(18)4-7-3-8(12(14)15)9(5-13)17-10(7)6-16/h3,12H,2,4-5H2,1H3. The number of rotatable bonds is 5. The summed E-state index contributed by atoms with van der Waals surface area (Å²) in [5, 5.41) is 8.92. The van der Waals surface area contributed by atoms with Crippen LogP contribution in [-0.4, -0.2) is 17.6 Å². The van der Waals surface area contributed by atoms with Crippen LogP contribution in [-0.2, 0) is 21.8 Å². The average molecular weight is 289 g/mol. The van der Waals surface area contributed by atoms with Crippen molar-refractivity contribution in [3.05, 3.63) is 28.6 Å². The van der Waals surface area contributed by atoms with Gasteiger partial charge in [-0.05, 0) is 13.0 Å². The van der Waals surface area contributed by atoms with Crippen molar-refractivity contribution in [3.8, 4) is 6.07 Å². The highest BCUT2D eigenvalue weighted by Crippen LogP contribution is 2.25. The van der Waals surface area contributed by atoms with Gasteiger partial charge in [0.1, 0.15) is 11.8 Å². The van der Waals surface area contributed by atoms with Crippen LogP contribution in [0.15, 0.2) is 6.07 Å². The fourth-order valence-corrected chi connectivity index (χ4v) is 1.72. The minimum atomic E-state index is -2.77. The van der Waals surface area contributed by atoms with Crippen LogP contribution in [0.2, 0.25) is 0 Å². The number of carbonyl (C=O) groups is 1. The maximum absolute atomic E-state index is 12.8. The summed E-state index contributed by atoms with van der Waals surface area (Å²) in [6.07, 6.45) is -3.04. The Labute approximate surface area is 114 Å². The Hall–Kier alpha value is -1.74. The van der Waals surface area contributed by atoms with Gasteiger partial charge in [0, 0.05) is 11.1 Å². The van der Waals surface area contributed by atoms with E-state index in [-0.39, 0.29) is 41.4 Å². The van der Waals surface area contributed by atoms with E-state index < -0.39 is 12.4 Å². The van der Waals surface area contributed by atoms with Gasteiger partial charge >= 0.3 is 5.97 Å². The van der Waals surface area contributed by atoms with E-state index in [4.69, 9.17) is 21.6 Å². The quantitative estimate of drug-likeness (QED) is 0.617. The fourth-order valence-electron chi connectivity index (χ4n) is 1.51. The Morgan fingerprint density at radius 1 is 1.63 bits per heavy atom. The molecule has 0 spiro atoms. The highest BCUT2D eigenvalue weighted by atomic mass is 35.5. The number of nitrogens with zero attached hydrogens (tertiary/aromatic N) is 2. The Morgan fingerprint density at radius 3 is 2.79 bits per heavy atom. The Balaban J connectivity index is 3.19. The third kappa shape index (κ3) is 3.86. The molecule has 0 saturated carbocycles. The molecule has 4 nitrogen and oxygen atoms in total. The van der Waals surface area contributed by atoms with Crippen molar-refractivity contribution in [2.75, 3.05) is 6.61 Å². The van der Waals surface area contributed by atoms with Gasteiger partial charge in [-0.15, -0.1) is 11.6 Å². The molecule has 0 amide bonds. The van der Waals surface area contributed by atoms with E-state index in [0.29, 0.717) is 0 Å². The number of pyridine rings is 1. The summed E-state index contributed by atoms with van der Waals surface area (Å²) < 4.78 is 30.3. The van der Waals surface area contributed by atoms with Crippen molar-refractivity contribution in [1.82, 2.24) is 4.98 Å². The molecule has 0 unspecified atom stereocenters. The first-order chi connectivity index (χ1) is 9.03. The van der Waals surface area contributed by atoms with Crippen LogP contribution in [0, 0.1) is 11.3 Å². The molecular weight excluding hydrogens is 278 g/mol. The van der Waals surface area contributed by atoms with Crippen molar-refractivity contribution in [2.45, 2.75) is 25.7 Å². The van der Waals surface area contributed by atoms with Crippen molar-refractivity contribution >= 4 is 17.6 Å². The molecule has 0 atom stereocenters. The van der Waals surface area contributed by atoms with Gasteiger partial charge in [0.2, 0.25) is 0 Å². The molecule has 1 aromatic rings. The van der Waals surface area contributed by atoms with E-state index in [1.165, 1.54) is 0 Å².